The maximum Gasteiger partial charge on any atom is 0.432 e. The van der Waals surface area contributed by atoms with Gasteiger partial charge < -0.3 is 4.57 Å². The van der Waals surface area contributed by atoms with Crippen LogP contribution in [-0.4, -0.2) is 19.7 Å². The third kappa shape index (κ3) is 1.87. The number of nitrogens with one attached hydrogen (secondary N) is 1. The van der Waals surface area contributed by atoms with E-state index in [4.69, 9.17) is 0 Å². The largest absolute Gasteiger partial charge is 0.432 e. The van der Waals surface area contributed by atoms with Gasteiger partial charge in [-0.25, -0.2) is 4.98 Å². The molecule has 1 N–H and O–H groups in total. The molecule has 0 amide bonds. The Balaban J connectivity index is 2.14. The first-order chi connectivity index (χ1) is 8.97. The third-order valence-electron chi connectivity index (χ3n) is 2.90. The lowest BCUT2D eigenvalue weighted by atomic mass is 10.3. The lowest BCUT2D eigenvalue weighted by Crippen LogP contribution is -2.04. The van der Waals surface area contributed by atoms with Gasteiger partial charge in [0.2, 0.25) is 0 Å². The lowest BCUT2D eigenvalue weighted by molar-refractivity contribution is -0.141. The minimum Gasteiger partial charge on any atom is -0.326 e. The van der Waals surface area contributed by atoms with E-state index in [2.05, 4.69) is 10.1 Å². The number of imidazole rings is 1. The molecule has 0 radical (unpaired) electrons. The van der Waals surface area contributed by atoms with Crippen LogP contribution in [0.1, 0.15) is 5.69 Å². The first-order valence-corrected chi connectivity index (χ1v) is 5.51. The Morgan fingerprint density at radius 1 is 1.21 bits per heavy atom. The molecule has 4 nitrogen and oxygen atoms in total. The average molecular weight is 266 g/mol. The predicted molar refractivity (Wildman–Crippen MR) is 63.3 cm³/mol. The summed E-state index contributed by atoms with van der Waals surface area (Å²) >= 11 is 0. The molecule has 1 aromatic carbocycles. The fourth-order valence-electron chi connectivity index (χ4n) is 1.96. The van der Waals surface area contributed by atoms with Crippen molar-refractivity contribution in [2.45, 2.75) is 6.18 Å². The maximum atomic E-state index is 12.5. The van der Waals surface area contributed by atoms with E-state index in [1.807, 2.05) is 23.3 Å². The Morgan fingerprint density at radius 2 is 1.95 bits per heavy atom. The average Bonchev–Trinajstić information content (AvgIpc) is 2.94. The zero-order valence-corrected chi connectivity index (χ0v) is 9.86. The molecular weight excluding hydrogens is 257 g/mol. The molecule has 0 saturated carbocycles. The number of halogens is 3. The van der Waals surface area contributed by atoms with Crippen molar-refractivity contribution in [3.05, 3.63) is 36.0 Å². The minimum absolute atomic E-state index is 0.172. The summed E-state index contributed by atoms with van der Waals surface area (Å²) in [5.41, 5.74) is 0.853. The van der Waals surface area contributed by atoms with Crippen LogP contribution in [0.4, 0.5) is 13.2 Å². The molecule has 0 aliphatic rings. The van der Waals surface area contributed by atoms with E-state index in [9.17, 15) is 13.2 Å². The van der Waals surface area contributed by atoms with Crippen molar-refractivity contribution in [3.63, 3.8) is 0 Å². The number of para-hydroxylation sites is 2. The van der Waals surface area contributed by atoms with E-state index >= 15 is 0 Å². The Hall–Kier alpha value is -2.31. The van der Waals surface area contributed by atoms with Crippen molar-refractivity contribution in [1.29, 1.82) is 0 Å². The highest BCUT2D eigenvalue weighted by Gasteiger charge is 2.33. The van der Waals surface area contributed by atoms with Gasteiger partial charge in [0.25, 0.3) is 0 Å². The van der Waals surface area contributed by atoms with E-state index in [1.54, 1.807) is 17.7 Å². The molecule has 0 aliphatic carbocycles. The molecule has 98 valence electrons. The van der Waals surface area contributed by atoms with E-state index in [0.29, 0.717) is 5.82 Å². The van der Waals surface area contributed by atoms with Crippen LogP contribution < -0.4 is 0 Å². The van der Waals surface area contributed by atoms with Crippen molar-refractivity contribution < 1.29 is 13.2 Å². The molecule has 3 rings (SSSR count). The van der Waals surface area contributed by atoms with Crippen molar-refractivity contribution in [1.82, 2.24) is 19.7 Å². The fourth-order valence-corrected chi connectivity index (χ4v) is 1.96. The highest BCUT2D eigenvalue weighted by molar-refractivity contribution is 5.79. The molecule has 3 aromatic rings. The van der Waals surface area contributed by atoms with Crippen molar-refractivity contribution in [2.75, 3.05) is 0 Å². The van der Waals surface area contributed by atoms with Gasteiger partial charge >= 0.3 is 6.18 Å². The van der Waals surface area contributed by atoms with Gasteiger partial charge in [0.1, 0.15) is 11.4 Å². The van der Waals surface area contributed by atoms with E-state index < -0.39 is 11.9 Å². The number of H-pyrrole nitrogens is 1. The van der Waals surface area contributed by atoms with Crippen molar-refractivity contribution in [2.24, 2.45) is 7.05 Å². The fraction of sp³-hybridized carbons (Fsp3) is 0.167. The number of rotatable bonds is 1. The topological polar surface area (TPSA) is 46.5 Å². The molecule has 0 saturated heterocycles. The van der Waals surface area contributed by atoms with Crippen molar-refractivity contribution >= 4 is 11.0 Å². The standard InChI is InChI=1S/C12H9F3N4/c1-19-9-5-3-2-4-7(9)16-11(19)8-6-10(18-17-8)12(13,14)15/h2-6H,1H3,(H,17,18). The molecule has 2 heterocycles. The molecule has 19 heavy (non-hydrogen) atoms. The summed E-state index contributed by atoms with van der Waals surface area (Å²) in [6.45, 7) is 0. The second kappa shape index (κ2) is 3.84. The van der Waals surface area contributed by atoms with Crippen LogP contribution >= 0.6 is 0 Å². The van der Waals surface area contributed by atoms with Gasteiger partial charge in [-0.1, -0.05) is 12.1 Å². The predicted octanol–water partition coefficient (Wildman–Crippen LogP) is 2.98. The minimum atomic E-state index is -4.43. The molecule has 0 atom stereocenters. The van der Waals surface area contributed by atoms with E-state index in [-0.39, 0.29) is 5.69 Å². The summed E-state index contributed by atoms with van der Waals surface area (Å²) in [6.07, 6.45) is -4.43. The Morgan fingerprint density at radius 3 is 2.58 bits per heavy atom. The number of hydrogen-bond donors (Lipinski definition) is 1. The number of fused-ring (bicyclic) bond motifs is 1. The van der Waals surface area contributed by atoms with Crippen LogP contribution in [0, 0.1) is 0 Å². The second-order valence-corrected chi connectivity index (χ2v) is 4.15. The molecule has 7 heteroatoms. The number of aryl methyl sites for hydroxylation is 1. The highest BCUT2D eigenvalue weighted by Crippen LogP contribution is 2.30. The zero-order valence-electron chi connectivity index (χ0n) is 9.86. The Kier molecular flexibility index (Phi) is 2.38. The number of aromatic nitrogens is 4. The molecule has 0 unspecified atom stereocenters. The first-order valence-electron chi connectivity index (χ1n) is 5.51. The van der Waals surface area contributed by atoms with Crippen LogP contribution in [0.25, 0.3) is 22.6 Å². The quantitative estimate of drug-likeness (QED) is 0.736. The summed E-state index contributed by atoms with van der Waals surface area (Å²) in [4.78, 5) is 4.29. The number of nitrogens with zero attached hydrogens (tertiary/aromatic N) is 3. The lowest BCUT2D eigenvalue weighted by Gasteiger charge is -2.00. The van der Waals surface area contributed by atoms with Gasteiger partial charge in [-0.05, 0) is 18.2 Å². The van der Waals surface area contributed by atoms with Crippen LogP contribution in [0.2, 0.25) is 0 Å². The summed E-state index contributed by atoms with van der Waals surface area (Å²) in [7, 11) is 1.74. The van der Waals surface area contributed by atoms with Gasteiger partial charge in [0, 0.05) is 7.05 Å². The van der Waals surface area contributed by atoms with Gasteiger partial charge in [-0.15, -0.1) is 0 Å². The Labute approximate surface area is 105 Å². The molecule has 2 aromatic heterocycles. The van der Waals surface area contributed by atoms with E-state index in [0.717, 1.165) is 17.1 Å². The number of aromatic amines is 1. The second-order valence-electron chi connectivity index (χ2n) is 4.15. The van der Waals surface area contributed by atoms with Gasteiger partial charge in [-0.3, -0.25) is 5.10 Å². The van der Waals surface area contributed by atoms with Gasteiger partial charge in [0.05, 0.1) is 11.0 Å². The summed E-state index contributed by atoms with van der Waals surface area (Å²) in [5, 5.41) is 5.67. The molecular formula is C12H9F3N4. The molecule has 0 spiro atoms. The highest BCUT2D eigenvalue weighted by atomic mass is 19.4. The smallest absolute Gasteiger partial charge is 0.326 e. The monoisotopic (exact) mass is 266 g/mol. The molecule has 0 bridgehead atoms. The van der Waals surface area contributed by atoms with Gasteiger partial charge in [-0.2, -0.15) is 18.3 Å². The number of alkyl halides is 3. The maximum absolute atomic E-state index is 12.5. The van der Waals surface area contributed by atoms with Gasteiger partial charge in [0.15, 0.2) is 5.82 Å². The zero-order chi connectivity index (χ0) is 13.6. The Bertz CT molecular complexity index is 739. The van der Waals surface area contributed by atoms with Crippen molar-refractivity contribution in [3.8, 4) is 11.5 Å². The van der Waals surface area contributed by atoms with Crippen LogP contribution in [0.15, 0.2) is 30.3 Å². The molecule has 0 aliphatic heterocycles. The summed E-state index contributed by atoms with van der Waals surface area (Å²) in [6, 6.07) is 8.28. The SMILES string of the molecule is Cn1c(-c2cc(C(F)(F)F)[nH]n2)nc2ccccc21. The third-order valence-corrected chi connectivity index (χ3v) is 2.90. The summed E-state index contributed by atoms with van der Waals surface area (Å²) < 4.78 is 39.3. The number of hydrogen-bond acceptors (Lipinski definition) is 2. The van der Waals surface area contributed by atoms with Crippen LogP contribution in [0.3, 0.4) is 0 Å². The normalized spacial score (nSPS) is 12.2. The van der Waals surface area contributed by atoms with Crippen LogP contribution in [0.5, 0.6) is 0 Å². The first kappa shape index (κ1) is 11.8. The van der Waals surface area contributed by atoms with Crippen LogP contribution in [-0.2, 0) is 13.2 Å². The summed E-state index contributed by atoms with van der Waals surface area (Å²) in [5.74, 6) is 0.396. The van der Waals surface area contributed by atoms with E-state index in [1.165, 1.54) is 0 Å². The number of benzene rings is 1. The molecule has 0 fully saturated rings.